The second-order valence-corrected chi connectivity index (χ2v) is 5.84. The van der Waals surface area contributed by atoms with Crippen molar-refractivity contribution in [3.05, 3.63) is 24.3 Å². The van der Waals surface area contributed by atoms with Crippen molar-refractivity contribution in [2.45, 2.75) is 18.9 Å². The summed E-state index contributed by atoms with van der Waals surface area (Å²) < 4.78 is 15.7. The zero-order chi connectivity index (χ0) is 17.6. The molecule has 0 bridgehead atoms. The molecule has 2 aliphatic rings. The number of carbonyl (C=O) groups is 3. The molecule has 8 heteroatoms. The van der Waals surface area contributed by atoms with Gasteiger partial charge in [0.05, 0.1) is 11.8 Å². The summed E-state index contributed by atoms with van der Waals surface area (Å²) >= 11 is 0. The highest BCUT2D eigenvalue weighted by atomic mass is 16.5. The van der Waals surface area contributed by atoms with Crippen LogP contribution in [0.25, 0.3) is 0 Å². The molecule has 1 saturated heterocycles. The second-order valence-electron chi connectivity index (χ2n) is 5.84. The molecule has 0 aromatic heterocycles. The first kappa shape index (κ1) is 17.2. The van der Waals surface area contributed by atoms with Crippen molar-refractivity contribution in [2.75, 3.05) is 37.8 Å². The van der Waals surface area contributed by atoms with Gasteiger partial charge in [-0.15, -0.1) is 0 Å². The first-order chi connectivity index (χ1) is 12.1. The van der Waals surface area contributed by atoms with Crippen LogP contribution in [0.15, 0.2) is 24.3 Å². The molecule has 3 rings (SSSR count). The molecule has 134 valence electrons. The van der Waals surface area contributed by atoms with E-state index in [0.717, 1.165) is 12.8 Å². The molecule has 1 aromatic carbocycles. The molecule has 0 radical (unpaired) electrons. The van der Waals surface area contributed by atoms with Gasteiger partial charge >= 0.3 is 5.97 Å². The van der Waals surface area contributed by atoms with Crippen LogP contribution in [-0.4, -0.2) is 56.8 Å². The average Bonchev–Trinajstić information content (AvgIpc) is 3.14. The molecular weight excluding hydrogens is 328 g/mol. The molecule has 1 fully saturated rings. The Morgan fingerprint density at radius 3 is 2.96 bits per heavy atom. The lowest BCUT2D eigenvalue weighted by molar-refractivity contribution is -0.147. The zero-order valence-corrected chi connectivity index (χ0v) is 13.7. The highest BCUT2D eigenvalue weighted by Gasteiger charge is 2.27. The quantitative estimate of drug-likeness (QED) is 0.741. The third-order valence-electron chi connectivity index (χ3n) is 4.01. The second kappa shape index (κ2) is 7.98. The Hall–Kier alpha value is -2.61. The molecule has 1 N–H and O–H groups in total. The lowest BCUT2D eigenvalue weighted by Gasteiger charge is -2.28. The van der Waals surface area contributed by atoms with E-state index < -0.39 is 11.9 Å². The van der Waals surface area contributed by atoms with E-state index >= 15 is 0 Å². The van der Waals surface area contributed by atoms with Crippen molar-refractivity contribution in [3.8, 4) is 5.75 Å². The standard InChI is InChI=1S/C17H20N2O6/c20-15(18-8-12-4-3-7-23-12)10-25-17(22)9-19-13-5-1-2-6-14(13)24-11-16(19)21/h1-2,5-6,12H,3-4,7-11H2,(H,18,20). The predicted molar refractivity (Wildman–Crippen MR) is 87.2 cm³/mol. The normalized spacial score (nSPS) is 19.1. The Labute approximate surface area is 145 Å². The van der Waals surface area contributed by atoms with Crippen molar-refractivity contribution in [2.24, 2.45) is 0 Å². The maximum absolute atomic E-state index is 12.0. The van der Waals surface area contributed by atoms with Gasteiger partial charge in [0.2, 0.25) is 0 Å². The number of hydrogen-bond acceptors (Lipinski definition) is 6. The number of rotatable bonds is 6. The van der Waals surface area contributed by atoms with Crippen LogP contribution in [0.5, 0.6) is 5.75 Å². The summed E-state index contributed by atoms with van der Waals surface area (Å²) in [6, 6.07) is 6.94. The summed E-state index contributed by atoms with van der Waals surface area (Å²) in [5.74, 6) is -0.849. The SMILES string of the molecule is O=C(COC(=O)CN1C(=O)COc2ccccc21)NCC1CCCO1. The number of para-hydroxylation sites is 2. The van der Waals surface area contributed by atoms with Crippen molar-refractivity contribution in [1.82, 2.24) is 5.32 Å². The van der Waals surface area contributed by atoms with Gasteiger partial charge in [-0.1, -0.05) is 12.1 Å². The number of ether oxygens (including phenoxy) is 3. The summed E-state index contributed by atoms with van der Waals surface area (Å²) in [5, 5.41) is 2.67. The van der Waals surface area contributed by atoms with Crippen LogP contribution >= 0.6 is 0 Å². The molecule has 2 amide bonds. The Morgan fingerprint density at radius 2 is 2.16 bits per heavy atom. The zero-order valence-electron chi connectivity index (χ0n) is 13.7. The van der Waals surface area contributed by atoms with Gasteiger partial charge < -0.3 is 19.5 Å². The maximum Gasteiger partial charge on any atom is 0.326 e. The average molecular weight is 348 g/mol. The fraction of sp³-hybridized carbons (Fsp3) is 0.471. The topological polar surface area (TPSA) is 94.2 Å². The lowest BCUT2D eigenvalue weighted by Crippen LogP contribution is -2.43. The Balaban J connectivity index is 1.46. The van der Waals surface area contributed by atoms with Gasteiger partial charge in [0.1, 0.15) is 12.3 Å². The van der Waals surface area contributed by atoms with E-state index in [1.165, 1.54) is 4.90 Å². The number of fused-ring (bicyclic) bond motifs is 1. The van der Waals surface area contributed by atoms with E-state index in [4.69, 9.17) is 14.2 Å². The first-order valence-corrected chi connectivity index (χ1v) is 8.19. The number of nitrogens with one attached hydrogen (secondary N) is 1. The summed E-state index contributed by atoms with van der Waals surface area (Å²) in [7, 11) is 0. The minimum absolute atomic E-state index is 0.0297. The molecule has 1 unspecified atom stereocenters. The van der Waals surface area contributed by atoms with E-state index in [0.29, 0.717) is 24.6 Å². The molecule has 0 aliphatic carbocycles. The Kier molecular flexibility index (Phi) is 5.49. The fourth-order valence-corrected chi connectivity index (χ4v) is 2.73. The van der Waals surface area contributed by atoms with Crippen molar-refractivity contribution >= 4 is 23.5 Å². The number of esters is 1. The molecule has 2 aliphatic heterocycles. The number of hydrogen-bond donors (Lipinski definition) is 1. The van der Waals surface area contributed by atoms with Gasteiger partial charge in [-0.25, -0.2) is 0 Å². The van der Waals surface area contributed by atoms with Crippen LogP contribution < -0.4 is 15.0 Å². The third-order valence-corrected chi connectivity index (χ3v) is 4.01. The van der Waals surface area contributed by atoms with Gasteiger partial charge in [0.15, 0.2) is 13.2 Å². The van der Waals surface area contributed by atoms with Crippen LogP contribution in [0.2, 0.25) is 0 Å². The molecule has 25 heavy (non-hydrogen) atoms. The summed E-state index contributed by atoms with van der Waals surface area (Å²) in [5.41, 5.74) is 0.513. The minimum atomic E-state index is -0.655. The van der Waals surface area contributed by atoms with E-state index in [1.54, 1.807) is 24.3 Å². The Bertz CT molecular complexity index is 656. The molecule has 1 aromatic rings. The van der Waals surface area contributed by atoms with Gasteiger partial charge in [0.25, 0.3) is 11.8 Å². The number of carbonyl (C=O) groups excluding carboxylic acids is 3. The number of nitrogens with zero attached hydrogens (tertiary/aromatic N) is 1. The van der Waals surface area contributed by atoms with E-state index in [1.807, 2.05) is 0 Å². The maximum atomic E-state index is 12.0. The number of amides is 2. The number of benzene rings is 1. The predicted octanol–water partition coefficient (Wildman–Crippen LogP) is 0.250. The number of anilines is 1. The van der Waals surface area contributed by atoms with Gasteiger partial charge in [-0.2, -0.15) is 0 Å². The van der Waals surface area contributed by atoms with Crippen molar-refractivity contribution in [1.29, 1.82) is 0 Å². The molecule has 0 saturated carbocycles. The van der Waals surface area contributed by atoms with Crippen molar-refractivity contribution in [3.63, 3.8) is 0 Å². The fourth-order valence-electron chi connectivity index (χ4n) is 2.73. The van der Waals surface area contributed by atoms with Crippen LogP contribution in [0, 0.1) is 0 Å². The van der Waals surface area contributed by atoms with E-state index in [-0.39, 0.29) is 31.8 Å². The summed E-state index contributed by atoms with van der Waals surface area (Å²) in [6.45, 7) is 0.340. The molecule has 2 heterocycles. The van der Waals surface area contributed by atoms with Crippen LogP contribution in [0.4, 0.5) is 5.69 Å². The van der Waals surface area contributed by atoms with Crippen LogP contribution in [0.3, 0.4) is 0 Å². The largest absolute Gasteiger partial charge is 0.482 e. The highest BCUT2D eigenvalue weighted by molar-refractivity contribution is 6.01. The monoisotopic (exact) mass is 348 g/mol. The third kappa shape index (κ3) is 4.48. The van der Waals surface area contributed by atoms with E-state index in [9.17, 15) is 14.4 Å². The van der Waals surface area contributed by atoms with Crippen molar-refractivity contribution < 1.29 is 28.6 Å². The molecule has 0 spiro atoms. The molecular formula is C17H20N2O6. The highest BCUT2D eigenvalue weighted by Crippen LogP contribution is 2.31. The molecule has 1 atom stereocenters. The van der Waals surface area contributed by atoms with Crippen LogP contribution in [0.1, 0.15) is 12.8 Å². The minimum Gasteiger partial charge on any atom is -0.482 e. The summed E-state index contributed by atoms with van der Waals surface area (Å²) in [6.07, 6.45) is 1.94. The first-order valence-electron chi connectivity index (χ1n) is 8.19. The van der Waals surface area contributed by atoms with Gasteiger partial charge in [0, 0.05) is 13.2 Å². The lowest BCUT2D eigenvalue weighted by atomic mass is 10.2. The van der Waals surface area contributed by atoms with Gasteiger partial charge in [-0.3, -0.25) is 19.3 Å². The smallest absolute Gasteiger partial charge is 0.326 e. The molecule has 8 nitrogen and oxygen atoms in total. The van der Waals surface area contributed by atoms with E-state index in [2.05, 4.69) is 5.32 Å². The Morgan fingerprint density at radius 1 is 1.32 bits per heavy atom. The van der Waals surface area contributed by atoms with Gasteiger partial charge in [-0.05, 0) is 25.0 Å². The summed E-state index contributed by atoms with van der Waals surface area (Å²) in [4.78, 5) is 37.0. The van der Waals surface area contributed by atoms with Crippen LogP contribution in [-0.2, 0) is 23.9 Å².